The van der Waals surface area contributed by atoms with E-state index in [1.54, 1.807) is 11.3 Å². The van der Waals surface area contributed by atoms with Gasteiger partial charge in [-0.15, -0.1) is 35.3 Å². The summed E-state index contributed by atoms with van der Waals surface area (Å²) in [5.41, 5.74) is 0. The Bertz CT molecular complexity index is 299. The third kappa shape index (κ3) is 7.59. The summed E-state index contributed by atoms with van der Waals surface area (Å²) >= 11 is 1.75. The van der Waals surface area contributed by atoms with Gasteiger partial charge in [0.05, 0.1) is 6.54 Å². The van der Waals surface area contributed by atoms with Crippen LogP contribution in [0.4, 0.5) is 0 Å². The van der Waals surface area contributed by atoms with Gasteiger partial charge >= 0.3 is 0 Å². The molecule has 1 rings (SSSR count). The summed E-state index contributed by atoms with van der Waals surface area (Å²) in [5.74, 6) is 0.921. The molecule has 0 aromatic carbocycles. The van der Waals surface area contributed by atoms with Gasteiger partial charge in [-0.2, -0.15) is 0 Å². The second kappa shape index (κ2) is 10.8. The van der Waals surface area contributed by atoms with Gasteiger partial charge in [-0.3, -0.25) is 0 Å². The lowest BCUT2D eigenvalue weighted by molar-refractivity contribution is 0.730. The first-order valence-corrected chi connectivity index (χ1v) is 6.79. The number of unbranched alkanes of at least 4 members (excludes halogenated alkanes) is 1. The largest absolute Gasteiger partial charge is 0.357 e. The molecule has 0 atom stereocenters. The molecular formula is C12H22IN3S. The summed E-state index contributed by atoms with van der Waals surface area (Å²) in [7, 11) is 0. The Balaban J connectivity index is 0.00000256. The molecule has 0 amide bonds. The van der Waals surface area contributed by atoms with Crippen LogP contribution < -0.4 is 10.6 Å². The molecule has 1 aromatic heterocycles. The SMILES string of the molecule is CCCCNC(=NCc1cccs1)NCC.I. The minimum absolute atomic E-state index is 0. The Hall–Kier alpha value is -0.300. The average Bonchev–Trinajstić information content (AvgIpc) is 2.79. The lowest BCUT2D eigenvalue weighted by Gasteiger charge is -2.10. The predicted molar refractivity (Wildman–Crippen MR) is 87.5 cm³/mol. The number of thiophene rings is 1. The highest BCUT2D eigenvalue weighted by Crippen LogP contribution is 2.09. The molecule has 17 heavy (non-hydrogen) atoms. The molecule has 0 aliphatic carbocycles. The van der Waals surface area contributed by atoms with Gasteiger partial charge in [-0.1, -0.05) is 19.4 Å². The molecule has 3 nitrogen and oxygen atoms in total. The standard InChI is InChI=1S/C12H21N3S.HI/c1-3-5-8-14-12(13-4-2)15-10-11-7-6-9-16-11;/h6-7,9H,3-5,8,10H2,1-2H3,(H2,13,14,15);1H. The van der Waals surface area contributed by atoms with Gasteiger partial charge in [-0.05, 0) is 24.8 Å². The van der Waals surface area contributed by atoms with Crippen molar-refractivity contribution in [2.75, 3.05) is 13.1 Å². The van der Waals surface area contributed by atoms with Gasteiger partial charge in [-0.25, -0.2) is 4.99 Å². The minimum Gasteiger partial charge on any atom is -0.357 e. The Morgan fingerprint density at radius 2 is 2.18 bits per heavy atom. The molecule has 0 radical (unpaired) electrons. The Labute approximate surface area is 125 Å². The molecule has 1 aromatic rings. The van der Waals surface area contributed by atoms with Crippen molar-refractivity contribution in [2.24, 2.45) is 4.99 Å². The van der Waals surface area contributed by atoms with Crippen molar-refractivity contribution in [3.63, 3.8) is 0 Å². The highest BCUT2D eigenvalue weighted by Gasteiger charge is 1.96. The first-order chi connectivity index (χ1) is 7.86. The van der Waals surface area contributed by atoms with Crippen molar-refractivity contribution < 1.29 is 0 Å². The van der Waals surface area contributed by atoms with Crippen molar-refractivity contribution in [2.45, 2.75) is 33.2 Å². The first-order valence-electron chi connectivity index (χ1n) is 5.91. The second-order valence-electron chi connectivity index (χ2n) is 3.55. The van der Waals surface area contributed by atoms with E-state index in [1.807, 2.05) is 0 Å². The van der Waals surface area contributed by atoms with Crippen molar-refractivity contribution in [3.8, 4) is 0 Å². The van der Waals surface area contributed by atoms with E-state index in [-0.39, 0.29) is 24.0 Å². The van der Waals surface area contributed by atoms with E-state index in [0.29, 0.717) is 0 Å². The summed E-state index contributed by atoms with van der Waals surface area (Å²) in [6.45, 7) is 6.94. The number of rotatable bonds is 6. The van der Waals surface area contributed by atoms with E-state index < -0.39 is 0 Å². The molecule has 0 aliphatic heterocycles. The number of aliphatic imine (C=N–C) groups is 1. The second-order valence-corrected chi connectivity index (χ2v) is 4.59. The van der Waals surface area contributed by atoms with E-state index >= 15 is 0 Å². The van der Waals surface area contributed by atoms with Crippen molar-refractivity contribution >= 4 is 41.3 Å². The number of nitrogens with one attached hydrogen (secondary N) is 2. The molecule has 0 saturated heterocycles. The van der Waals surface area contributed by atoms with E-state index in [2.05, 4.69) is 47.0 Å². The summed E-state index contributed by atoms with van der Waals surface area (Å²) in [4.78, 5) is 5.83. The van der Waals surface area contributed by atoms with Crippen molar-refractivity contribution in [1.82, 2.24) is 10.6 Å². The van der Waals surface area contributed by atoms with Gasteiger partial charge in [0.15, 0.2) is 5.96 Å². The fraction of sp³-hybridized carbons (Fsp3) is 0.583. The van der Waals surface area contributed by atoms with Crippen molar-refractivity contribution in [1.29, 1.82) is 0 Å². The Morgan fingerprint density at radius 3 is 2.76 bits per heavy atom. The van der Waals surface area contributed by atoms with E-state index in [0.717, 1.165) is 25.6 Å². The molecule has 1 heterocycles. The van der Waals surface area contributed by atoms with Crippen LogP contribution in [-0.2, 0) is 6.54 Å². The maximum atomic E-state index is 4.53. The Kier molecular flexibility index (Phi) is 10.6. The maximum Gasteiger partial charge on any atom is 0.191 e. The van der Waals surface area contributed by atoms with Gasteiger partial charge in [0.2, 0.25) is 0 Å². The van der Waals surface area contributed by atoms with Crippen LogP contribution in [0.5, 0.6) is 0 Å². The molecular weight excluding hydrogens is 345 g/mol. The number of halogens is 1. The Morgan fingerprint density at radius 1 is 1.35 bits per heavy atom. The van der Waals surface area contributed by atoms with E-state index in [4.69, 9.17) is 0 Å². The molecule has 0 bridgehead atoms. The van der Waals surface area contributed by atoms with Crippen LogP contribution in [0, 0.1) is 0 Å². The summed E-state index contributed by atoms with van der Waals surface area (Å²) in [5, 5.41) is 8.66. The third-order valence-electron chi connectivity index (χ3n) is 2.14. The predicted octanol–water partition coefficient (Wildman–Crippen LogP) is 3.22. The number of hydrogen-bond donors (Lipinski definition) is 2. The summed E-state index contributed by atoms with van der Waals surface area (Å²) in [6, 6.07) is 4.18. The highest BCUT2D eigenvalue weighted by atomic mass is 127. The van der Waals surface area contributed by atoms with Crippen LogP contribution in [0.3, 0.4) is 0 Å². The first kappa shape index (κ1) is 16.7. The molecule has 98 valence electrons. The third-order valence-corrected chi connectivity index (χ3v) is 3.00. The van der Waals surface area contributed by atoms with Gasteiger partial charge in [0, 0.05) is 18.0 Å². The topological polar surface area (TPSA) is 36.4 Å². The zero-order valence-corrected chi connectivity index (χ0v) is 13.7. The van der Waals surface area contributed by atoms with E-state index in [9.17, 15) is 0 Å². The van der Waals surface area contributed by atoms with E-state index in [1.165, 1.54) is 17.7 Å². The molecule has 2 N–H and O–H groups in total. The molecule has 5 heteroatoms. The minimum atomic E-state index is 0. The van der Waals surface area contributed by atoms with Crippen LogP contribution in [0.25, 0.3) is 0 Å². The lowest BCUT2D eigenvalue weighted by Crippen LogP contribution is -2.37. The van der Waals surface area contributed by atoms with Crippen LogP contribution in [-0.4, -0.2) is 19.0 Å². The molecule has 0 saturated carbocycles. The number of guanidine groups is 1. The molecule has 0 spiro atoms. The zero-order valence-electron chi connectivity index (χ0n) is 10.5. The average molecular weight is 367 g/mol. The maximum absolute atomic E-state index is 4.53. The highest BCUT2D eigenvalue weighted by molar-refractivity contribution is 14.0. The number of hydrogen-bond acceptors (Lipinski definition) is 2. The lowest BCUT2D eigenvalue weighted by atomic mass is 10.3. The van der Waals surface area contributed by atoms with Gasteiger partial charge in [0.1, 0.15) is 0 Å². The van der Waals surface area contributed by atoms with Crippen LogP contribution in [0.2, 0.25) is 0 Å². The molecule has 0 aliphatic rings. The van der Waals surface area contributed by atoms with Crippen LogP contribution >= 0.6 is 35.3 Å². The van der Waals surface area contributed by atoms with Gasteiger partial charge < -0.3 is 10.6 Å². The molecule has 0 fully saturated rings. The summed E-state index contributed by atoms with van der Waals surface area (Å²) in [6.07, 6.45) is 2.39. The quantitative estimate of drug-likeness (QED) is 0.351. The van der Waals surface area contributed by atoms with Gasteiger partial charge in [0.25, 0.3) is 0 Å². The number of nitrogens with zero attached hydrogens (tertiary/aromatic N) is 1. The normalized spacial score (nSPS) is 10.8. The van der Waals surface area contributed by atoms with Crippen LogP contribution in [0.15, 0.2) is 22.5 Å². The van der Waals surface area contributed by atoms with Crippen LogP contribution in [0.1, 0.15) is 31.6 Å². The fourth-order valence-electron chi connectivity index (χ4n) is 1.28. The van der Waals surface area contributed by atoms with Crippen molar-refractivity contribution in [3.05, 3.63) is 22.4 Å². The zero-order chi connectivity index (χ0) is 11.6. The summed E-state index contributed by atoms with van der Waals surface area (Å²) < 4.78 is 0. The smallest absolute Gasteiger partial charge is 0.191 e. The molecule has 0 unspecified atom stereocenters. The monoisotopic (exact) mass is 367 g/mol. The fourth-order valence-corrected chi connectivity index (χ4v) is 1.91.